The number of carbonyl (C=O) groups excluding carboxylic acids is 4. The number of aromatic nitrogens is 6. The van der Waals surface area contributed by atoms with Crippen molar-refractivity contribution in [3.05, 3.63) is 48.6 Å². The van der Waals surface area contributed by atoms with E-state index in [-0.39, 0.29) is 56.1 Å². The summed E-state index contributed by atoms with van der Waals surface area (Å²) >= 11 is 0. The van der Waals surface area contributed by atoms with Gasteiger partial charge in [-0.05, 0) is 77.2 Å². The fraction of sp³-hybridized carbons (Fsp3) is 0.636. The van der Waals surface area contributed by atoms with Gasteiger partial charge in [0.05, 0.1) is 37.7 Å². The third-order valence-electron chi connectivity index (χ3n) is 11.4. The van der Waals surface area contributed by atoms with Gasteiger partial charge in [0.2, 0.25) is 11.8 Å². The van der Waals surface area contributed by atoms with Crippen molar-refractivity contribution in [2.24, 2.45) is 17.8 Å². The fourth-order valence-electron chi connectivity index (χ4n) is 8.67. The smallest absolute Gasteiger partial charge is 0.332 e. The summed E-state index contributed by atoms with van der Waals surface area (Å²) in [6.07, 6.45) is 12.3. The Balaban J connectivity index is 1.53. The van der Waals surface area contributed by atoms with Crippen LogP contribution in [0.3, 0.4) is 0 Å². The first-order chi connectivity index (χ1) is 27.7. The molecule has 4 rings (SSSR count). The summed E-state index contributed by atoms with van der Waals surface area (Å²) in [6.45, 7) is 17.0. The molecule has 14 nitrogen and oxygen atoms in total. The van der Waals surface area contributed by atoms with Gasteiger partial charge in [-0.25, -0.2) is 24.1 Å². The van der Waals surface area contributed by atoms with Crippen LogP contribution in [-0.2, 0) is 41.7 Å². The Bertz CT molecular complexity index is 1990. The van der Waals surface area contributed by atoms with Crippen LogP contribution in [0.25, 0.3) is 22.1 Å². The highest BCUT2D eigenvalue weighted by molar-refractivity contribution is 5.91. The van der Waals surface area contributed by atoms with Gasteiger partial charge in [0.1, 0.15) is 22.9 Å². The number of hydrogen-bond acceptors (Lipinski definition) is 9. The zero-order chi connectivity index (χ0) is 42.6. The third kappa shape index (κ3) is 10.6. The Kier molecular flexibility index (Phi) is 16.8. The molecule has 4 aromatic heterocycles. The first-order valence-electron chi connectivity index (χ1n) is 21.1. The van der Waals surface area contributed by atoms with Crippen LogP contribution in [0.2, 0.25) is 0 Å². The number of aryl methyl sites for hydroxylation is 4. The summed E-state index contributed by atoms with van der Waals surface area (Å²) in [5.74, 6) is -0.905. The average Bonchev–Trinajstić information content (AvgIpc) is 3.68. The quantitative estimate of drug-likeness (QED) is 0.0503. The monoisotopic (exact) mass is 804 g/mol. The van der Waals surface area contributed by atoms with Crippen LogP contribution in [-0.4, -0.2) is 96.9 Å². The first kappa shape index (κ1) is 45.8. The van der Waals surface area contributed by atoms with E-state index in [2.05, 4.69) is 29.1 Å². The molecule has 0 bridgehead atoms. The number of amides is 2. The number of pyridine rings is 2. The number of esters is 2. The van der Waals surface area contributed by atoms with E-state index < -0.39 is 29.4 Å². The molecule has 14 heteroatoms. The summed E-state index contributed by atoms with van der Waals surface area (Å²) in [6, 6.07) is 2.77. The van der Waals surface area contributed by atoms with E-state index in [1.165, 1.54) is 9.80 Å². The van der Waals surface area contributed by atoms with E-state index in [0.717, 1.165) is 72.5 Å². The SMILES string of the molecule is CCOC(=O)[C@H](C(C(C)C)[C@@](CC(C)C)(C(=O)OCC)N(C)C(=O)CCCCCn1c(C)nc2cnccc21)N(C)C(=O)CCCCC[n+]1c(C)[nH]c2ccncc21. The molecule has 0 radical (unpaired) electrons. The van der Waals surface area contributed by atoms with Gasteiger partial charge < -0.3 is 23.8 Å². The molecular formula is C44H67N8O6+. The van der Waals surface area contributed by atoms with E-state index in [1.807, 2.05) is 59.9 Å². The van der Waals surface area contributed by atoms with E-state index in [4.69, 9.17) is 9.47 Å². The van der Waals surface area contributed by atoms with Crippen molar-refractivity contribution >= 4 is 45.8 Å². The predicted octanol–water partition coefficient (Wildman–Crippen LogP) is 6.50. The maximum Gasteiger partial charge on any atom is 0.332 e. The zero-order valence-electron chi connectivity index (χ0n) is 36.5. The number of unbranched alkanes of at least 4 members (excludes halogenated alkanes) is 4. The van der Waals surface area contributed by atoms with E-state index >= 15 is 0 Å². The Hall–Kier alpha value is -4.88. The normalized spacial score (nSPS) is 13.8. The molecule has 0 fully saturated rings. The lowest BCUT2D eigenvalue weighted by molar-refractivity contribution is -0.677. The summed E-state index contributed by atoms with van der Waals surface area (Å²) in [7, 11) is 3.27. The van der Waals surface area contributed by atoms with Crippen molar-refractivity contribution in [1.82, 2.24) is 34.3 Å². The van der Waals surface area contributed by atoms with Gasteiger partial charge in [0.25, 0.3) is 5.82 Å². The second kappa shape index (κ2) is 21.2. The fourth-order valence-corrected chi connectivity index (χ4v) is 8.67. The van der Waals surface area contributed by atoms with Crippen LogP contribution in [0.4, 0.5) is 0 Å². The van der Waals surface area contributed by atoms with Crippen LogP contribution in [0.5, 0.6) is 0 Å². The van der Waals surface area contributed by atoms with Crippen LogP contribution in [0, 0.1) is 31.6 Å². The summed E-state index contributed by atoms with van der Waals surface area (Å²) in [5.41, 5.74) is 2.39. The minimum absolute atomic E-state index is 0.0670. The molecule has 3 atom stereocenters. The van der Waals surface area contributed by atoms with Crippen molar-refractivity contribution in [2.45, 2.75) is 138 Å². The molecule has 318 valence electrons. The lowest BCUT2D eigenvalue weighted by Gasteiger charge is -2.51. The van der Waals surface area contributed by atoms with Gasteiger partial charge in [0, 0.05) is 64.8 Å². The topological polar surface area (TPSA) is 156 Å². The highest BCUT2D eigenvalue weighted by Gasteiger charge is 2.58. The zero-order valence-corrected chi connectivity index (χ0v) is 36.5. The number of ether oxygens (including phenoxy) is 2. The van der Waals surface area contributed by atoms with E-state index in [0.29, 0.717) is 12.8 Å². The second-order valence-electron chi connectivity index (χ2n) is 16.2. The number of H-pyrrole nitrogens is 1. The number of hydrogen-bond donors (Lipinski definition) is 1. The van der Waals surface area contributed by atoms with Crippen molar-refractivity contribution in [3.63, 3.8) is 0 Å². The van der Waals surface area contributed by atoms with Gasteiger partial charge in [-0.1, -0.05) is 34.1 Å². The molecular weight excluding hydrogens is 737 g/mol. The van der Waals surface area contributed by atoms with Gasteiger partial charge in [-0.2, -0.15) is 0 Å². The van der Waals surface area contributed by atoms with Gasteiger partial charge >= 0.3 is 11.9 Å². The molecule has 0 spiro atoms. The van der Waals surface area contributed by atoms with Gasteiger partial charge in [-0.15, -0.1) is 0 Å². The van der Waals surface area contributed by atoms with Crippen molar-refractivity contribution in [2.75, 3.05) is 27.3 Å². The average molecular weight is 804 g/mol. The Morgan fingerprint density at radius 2 is 1.52 bits per heavy atom. The maximum absolute atomic E-state index is 14.6. The molecule has 0 aliphatic carbocycles. The van der Waals surface area contributed by atoms with Crippen molar-refractivity contribution in [1.29, 1.82) is 0 Å². The lowest BCUT2D eigenvalue weighted by atomic mass is 9.67. The number of fused-ring (bicyclic) bond motifs is 2. The molecule has 4 aromatic rings. The number of nitrogens with zero attached hydrogens (tertiary/aromatic N) is 7. The number of nitrogens with one attached hydrogen (secondary N) is 1. The molecule has 58 heavy (non-hydrogen) atoms. The molecule has 0 aromatic carbocycles. The third-order valence-corrected chi connectivity index (χ3v) is 11.4. The number of likely N-dealkylation sites (N-methyl/N-ethyl adjacent to an activating group) is 2. The van der Waals surface area contributed by atoms with E-state index in [9.17, 15) is 19.2 Å². The molecule has 1 N–H and O–H groups in total. The highest BCUT2D eigenvalue weighted by atomic mass is 16.5. The largest absolute Gasteiger partial charge is 0.464 e. The summed E-state index contributed by atoms with van der Waals surface area (Å²) in [4.78, 5) is 76.5. The number of rotatable bonds is 23. The summed E-state index contributed by atoms with van der Waals surface area (Å²) in [5, 5.41) is 0. The van der Waals surface area contributed by atoms with Crippen LogP contribution < -0.4 is 4.57 Å². The van der Waals surface area contributed by atoms with Gasteiger partial charge in [0.15, 0.2) is 11.0 Å². The second-order valence-corrected chi connectivity index (χ2v) is 16.2. The highest BCUT2D eigenvalue weighted by Crippen LogP contribution is 2.42. The van der Waals surface area contributed by atoms with Crippen LogP contribution >= 0.6 is 0 Å². The van der Waals surface area contributed by atoms with Crippen LogP contribution in [0.15, 0.2) is 36.9 Å². The molecule has 1 unspecified atom stereocenters. The molecule has 2 amide bonds. The van der Waals surface area contributed by atoms with Gasteiger partial charge in [-0.3, -0.25) is 19.6 Å². The lowest BCUT2D eigenvalue weighted by Crippen LogP contribution is -2.68. The first-order valence-corrected chi connectivity index (χ1v) is 21.1. The van der Waals surface area contributed by atoms with E-state index in [1.54, 1.807) is 46.5 Å². The Morgan fingerprint density at radius 3 is 2.19 bits per heavy atom. The molecule has 4 heterocycles. The number of imidazole rings is 2. The predicted molar refractivity (Wildman–Crippen MR) is 223 cm³/mol. The minimum Gasteiger partial charge on any atom is -0.464 e. The maximum atomic E-state index is 14.6. The molecule has 0 aliphatic rings. The number of carbonyl (C=O) groups is 4. The molecule has 0 aliphatic heterocycles. The van der Waals surface area contributed by atoms with Crippen LogP contribution in [0.1, 0.15) is 111 Å². The molecule has 0 saturated carbocycles. The Labute approximate surface area is 344 Å². The van der Waals surface area contributed by atoms with Crippen molar-refractivity contribution < 1.29 is 33.2 Å². The minimum atomic E-state index is -1.56. The van der Waals surface area contributed by atoms with Crippen molar-refractivity contribution in [3.8, 4) is 0 Å². The standard InChI is InChI=1S/C44H66N8O6/c1-11-57-42(55)41(49(9)38(53)19-15-13-18-26-52-32(7)47-34-21-23-46-29-37(34)52)40(31(5)6)44(27-30(3)4,43(56)58-12-2)50(10)39(54)20-16-14-17-25-51-33(8)48-35-28-45-24-22-36(35)51/h21-24,28-31,40-41H,11-20,25-27H2,1-10H3/p+1/t40?,41-,44-/m0/s1. The Morgan fingerprint density at radius 1 is 0.862 bits per heavy atom. The summed E-state index contributed by atoms with van der Waals surface area (Å²) < 4.78 is 15.9. The number of aromatic amines is 1. The molecule has 0 saturated heterocycles.